The summed E-state index contributed by atoms with van der Waals surface area (Å²) in [7, 11) is 0. The van der Waals surface area contributed by atoms with Crippen LogP contribution < -0.4 is 25.0 Å². The summed E-state index contributed by atoms with van der Waals surface area (Å²) in [5.74, 6) is -0.969. The Morgan fingerprint density at radius 2 is 1.62 bits per heavy atom. The minimum absolute atomic E-state index is 0.228. The van der Waals surface area contributed by atoms with Crippen LogP contribution in [0.1, 0.15) is 23.6 Å². The Morgan fingerprint density at radius 1 is 0.950 bits per heavy atom. The van der Waals surface area contributed by atoms with E-state index in [0.29, 0.717) is 38.3 Å². The molecule has 0 unspecified atom stereocenters. The van der Waals surface area contributed by atoms with Crippen LogP contribution in [0, 0.1) is 13.8 Å². The van der Waals surface area contributed by atoms with Gasteiger partial charge in [-0.25, -0.2) is 9.69 Å². The van der Waals surface area contributed by atoms with Crippen molar-refractivity contribution in [3.8, 4) is 11.5 Å². The first kappa shape index (κ1) is 29.0. The molecule has 1 saturated heterocycles. The van der Waals surface area contributed by atoms with Crippen molar-refractivity contribution in [3.63, 3.8) is 0 Å². The first-order valence-corrected chi connectivity index (χ1v) is 13.8. The molecular formula is C29H25Br2N3O6. The molecule has 0 radical (unpaired) electrons. The summed E-state index contributed by atoms with van der Waals surface area (Å²) in [5, 5.41) is 5.00. The van der Waals surface area contributed by atoms with Gasteiger partial charge in [0.2, 0.25) is 0 Å². The van der Waals surface area contributed by atoms with Crippen molar-refractivity contribution >= 4 is 73.1 Å². The second kappa shape index (κ2) is 12.5. The van der Waals surface area contributed by atoms with Crippen LogP contribution in [0.15, 0.2) is 69.1 Å². The molecule has 206 valence electrons. The normalized spacial score (nSPS) is 14.3. The molecule has 11 heteroatoms. The summed E-state index contributed by atoms with van der Waals surface area (Å²) in [5.41, 5.74) is 3.39. The topological polar surface area (TPSA) is 114 Å². The van der Waals surface area contributed by atoms with Crippen LogP contribution in [0.5, 0.6) is 11.5 Å². The Bertz CT molecular complexity index is 1510. The summed E-state index contributed by atoms with van der Waals surface area (Å²) in [6.07, 6.45) is 1.37. The summed E-state index contributed by atoms with van der Waals surface area (Å²) < 4.78 is 12.1. The molecule has 9 nitrogen and oxygen atoms in total. The lowest BCUT2D eigenvalue weighted by Crippen LogP contribution is -2.54. The van der Waals surface area contributed by atoms with Crippen molar-refractivity contribution < 1.29 is 28.7 Å². The summed E-state index contributed by atoms with van der Waals surface area (Å²) >= 11 is 6.85. The van der Waals surface area contributed by atoms with Gasteiger partial charge in [0.1, 0.15) is 17.1 Å². The maximum absolute atomic E-state index is 13.2. The molecule has 1 aliphatic rings. The number of nitrogens with zero attached hydrogens (tertiary/aromatic N) is 1. The number of hydrogen-bond acceptors (Lipinski definition) is 6. The number of carbonyl (C=O) groups is 4. The standard InChI is InChI=1S/C29H25Br2N3O6/c1-4-39-21-9-7-20(8-10-21)34-28(37)22(27(36)33-29(34)38)12-18-13-23(30)26(24(31)14-18)40-15-25(35)32-19-6-5-16(2)17(3)11-19/h5-14H,4,15H2,1-3H3,(H,32,35)(H,33,36,38)/b22-12+. The Labute approximate surface area is 247 Å². The van der Waals surface area contributed by atoms with Gasteiger partial charge in [0.25, 0.3) is 17.7 Å². The number of aryl methyl sites for hydroxylation is 2. The number of benzene rings is 3. The number of halogens is 2. The Morgan fingerprint density at radius 3 is 2.25 bits per heavy atom. The third kappa shape index (κ3) is 6.60. The lowest BCUT2D eigenvalue weighted by atomic mass is 10.1. The maximum atomic E-state index is 13.2. The molecule has 4 rings (SSSR count). The van der Waals surface area contributed by atoms with Gasteiger partial charge in [-0.1, -0.05) is 6.07 Å². The monoisotopic (exact) mass is 669 g/mol. The molecule has 2 N–H and O–H groups in total. The Kier molecular flexibility index (Phi) is 9.06. The van der Waals surface area contributed by atoms with E-state index in [0.717, 1.165) is 16.0 Å². The molecule has 0 bridgehead atoms. The molecule has 0 saturated carbocycles. The van der Waals surface area contributed by atoms with E-state index in [1.165, 1.54) is 6.08 Å². The molecule has 40 heavy (non-hydrogen) atoms. The van der Waals surface area contributed by atoms with E-state index in [2.05, 4.69) is 42.5 Å². The highest BCUT2D eigenvalue weighted by molar-refractivity contribution is 9.11. The van der Waals surface area contributed by atoms with Crippen LogP contribution in [0.2, 0.25) is 0 Å². The highest BCUT2D eigenvalue weighted by Gasteiger charge is 2.36. The van der Waals surface area contributed by atoms with E-state index in [1.54, 1.807) is 36.4 Å². The number of barbiturate groups is 1. The molecule has 1 aliphatic heterocycles. The van der Waals surface area contributed by atoms with Crippen molar-refractivity contribution in [1.82, 2.24) is 5.32 Å². The zero-order chi connectivity index (χ0) is 29.0. The van der Waals surface area contributed by atoms with Crippen LogP contribution in [0.3, 0.4) is 0 Å². The number of rotatable bonds is 8. The molecule has 0 atom stereocenters. The zero-order valence-electron chi connectivity index (χ0n) is 21.8. The first-order chi connectivity index (χ1) is 19.1. The molecule has 3 aromatic rings. The third-order valence-corrected chi connectivity index (χ3v) is 7.16. The predicted octanol–water partition coefficient (Wildman–Crippen LogP) is 5.91. The van der Waals surface area contributed by atoms with Crippen LogP contribution in [0.4, 0.5) is 16.2 Å². The largest absolute Gasteiger partial charge is 0.494 e. The number of anilines is 2. The SMILES string of the molecule is CCOc1ccc(N2C(=O)NC(=O)/C(=C\c3cc(Br)c(OCC(=O)Nc4ccc(C)c(C)c4)c(Br)c3)C2=O)cc1. The van der Waals surface area contributed by atoms with E-state index in [-0.39, 0.29) is 23.8 Å². The van der Waals surface area contributed by atoms with Crippen LogP contribution in [0.25, 0.3) is 6.08 Å². The van der Waals surface area contributed by atoms with Crippen molar-refractivity contribution in [2.24, 2.45) is 0 Å². The summed E-state index contributed by atoms with van der Waals surface area (Å²) in [4.78, 5) is 51.6. The zero-order valence-corrected chi connectivity index (χ0v) is 25.0. The third-order valence-electron chi connectivity index (χ3n) is 5.98. The number of imide groups is 2. The lowest BCUT2D eigenvalue weighted by Gasteiger charge is -2.26. The molecule has 0 aliphatic carbocycles. The van der Waals surface area contributed by atoms with Gasteiger partial charge in [0.05, 0.1) is 21.2 Å². The fraction of sp³-hybridized carbons (Fsp3) is 0.172. The van der Waals surface area contributed by atoms with Crippen molar-refractivity contribution in [3.05, 3.63) is 85.8 Å². The number of ether oxygens (including phenoxy) is 2. The first-order valence-electron chi connectivity index (χ1n) is 12.2. The highest BCUT2D eigenvalue weighted by atomic mass is 79.9. The smallest absolute Gasteiger partial charge is 0.335 e. The lowest BCUT2D eigenvalue weighted by molar-refractivity contribution is -0.122. The van der Waals surface area contributed by atoms with Gasteiger partial charge in [-0.2, -0.15) is 0 Å². The van der Waals surface area contributed by atoms with Crippen LogP contribution in [-0.4, -0.2) is 37.0 Å². The summed E-state index contributed by atoms with van der Waals surface area (Å²) in [6, 6.07) is 14.4. The number of nitrogens with one attached hydrogen (secondary N) is 2. The number of amides is 5. The van der Waals surface area contributed by atoms with Gasteiger partial charge in [0, 0.05) is 5.69 Å². The van der Waals surface area contributed by atoms with Crippen LogP contribution in [-0.2, 0) is 14.4 Å². The van der Waals surface area contributed by atoms with E-state index >= 15 is 0 Å². The minimum Gasteiger partial charge on any atom is -0.494 e. The average Bonchev–Trinajstić information content (AvgIpc) is 2.89. The molecule has 1 fully saturated rings. The van der Waals surface area contributed by atoms with Gasteiger partial charge in [0.15, 0.2) is 6.61 Å². The predicted molar refractivity (Wildman–Crippen MR) is 158 cm³/mol. The van der Waals surface area contributed by atoms with Gasteiger partial charge >= 0.3 is 6.03 Å². The Balaban J connectivity index is 1.50. The van der Waals surface area contributed by atoms with Crippen LogP contribution >= 0.6 is 31.9 Å². The molecule has 0 aromatic heterocycles. The molecular weight excluding hydrogens is 646 g/mol. The second-order valence-electron chi connectivity index (χ2n) is 8.83. The van der Waals surface area contributed by atoms with E-state index in [9.17, 15) is 19.2 Å². The van der Waals surface area contributed by atoms with E-state index in [4.69, 9.17) is 9.47 Å². The number of hydrogen-bond donors (Lipinski definition) is 2. The quantitative estimate of drug-likeness (QED) is 0.228. The van der Waals surface area contributed by atoms with Gasteiger partial charge in [-0.3, -0.25) is 19.7 Å². The Hall–Kier alpha value is -3.96. The van der Waals surface area contributed by atoms with Gasteiger partial charge in [-0.05, 0) is 124 Å². The highest BCUT2D eigenvalue weighted by Crippen LogP contribution is 2.36. The fourth-order valence-corrected chi connectivity index (χ4v) is 5.32. The maximum Gasteiger partial charge on any atom is 0.335 e. The average molecular weight is 671 g/mol. The molecule has 5 amide bonds. The summed E-state index contributed by atoms with van der Waals surface area (Å²) in [6.45, 7) is 6.03. The second-order valence-corrected chi connectivity index (χ2v) is 10.5. The van der Waals surface area contributed by atoms with Crippen molar-refractivity contribution in [2.45, 2.75) is 20.8 Å². The van der Waals surface area contributed by atoms with Crippen molar-refractivity contribution in [1.29, 1.82) is 0 Å². The van der Waals surface area contributed by atoms with Gasteiger partial charge < -0.3 is 14.8 Å². The molecule has 0 spiro atoms. The molecule has 3 aromatic carbocycles. The number of carbonyl (C=O) groups excluding carboxylic acids is 4. The van der Waals surface area contributed by atoms with Gasteiger partial charge in [-0.15, -0.1) is 0 Å². The molecule has 1 heterocycles. The van der Waals surface area contributed by atoms with E-state index in [1.807, 2.05) is 39.0 Å². The minimum atomic E-state index is -0.846. The van der Waals surface area contributed by atoms with E-state index < -0.39 is 17.8 Å². The van der Waals surface area contributed by atoms with Crippen molar-refractivity contribution in [2.75, 3.05) is 23.4 Å². The fourth-order valence-electron chi connectivity index (χ4n) is 3.87. The number of urea groups is 1.